The lowest BCUT2D eigenvalue weighted by Gasteiger charge is -2.07. The summed E-state index contributed by atoms with van der Waals surface area (Å²) in [5, 5.41) is 8.62. The summed E-state index contributed by atoms with van der Waals surface area (Å²) in [7, 11) is 0. The van der Waals surface area contributed by atoms with Crippen molar-refractivity contribution in [1.29, 1.82) is 0 Å². The molecule has 1 aromatic heterocycles. The zero-order valence-electron chi connectivity index (χ0n) is 10.1. The first-order chi connectivity index (χ1) is 9.54. The summed E-state index contributed by atoms with van der Waals surface area (Å²) in [5.41, 5.74) is 0.482. The predicted octanol–water partition coefficient (Wildman–Crippen LogP) is 3.87. The molecular weight excluding hydrogens is 329 g/mol. The van der Waals surface area contributed by atoms with E-state index in [-0.39, 0.29) is 11.6 Å². The molecule has 1 aromatic carbocycles. The van der Waals surface area contributed by atoms with E-state index in [2.05, 4.69) is 20.9 Å². The first-order valence-corrected chi connectivity index (χ1v) is 6.34. The van der Waals surface area contributed by atoms with Crippen LogP contribution in [0.5, 0.6) is 11.6 Å². The summed E-state index contributed by atoms with van der Waals surface area (Å²) in [6.07, 6.45) is 3.84. The number of hydrogen-bond donors (Lipinski definition) is 1. The van der Waals surface area contributed by atoms with Crippen LogP contribution in [0.4, 0.5) is 4.39 Å². The summed E-state index contributed by atoms with van der Waals surface area (Å²) in [6, 6.07) is 7.40. The van der Waals surface area contributed by atoms with E-state index in [1.165, 1.54) is 24.4 Å². The maximum atomic E-state index is 13.3. The average molecular weight is 338 g/mol. The zero-order valence-corrected chi connectivity index (χ0v) is 11.7. The minimum absolute atomic E-state index is 0.197. The van der Waals surface area contributed by atoms with E-state index in [4.69, 9.17) is 9.84 Å². The number of aliphatic carboxylic acids is 1. The van der Waals surface area contributed by atoms with Gasteiger partial charge in [-0.1, -0.05) is 15.9 Å². The van der Waals surface area contributed by atoms with E-state index >= 15 is 0 Å². The lowest BCUT2D eigenvalue weighted by Crippen LogP contribution is -1.92. The molecule has 0 spiro atoms. The summed E-state index contributed by atoms with van der Waals surface area (Å²) in [4.78, 5) is 14.5. The van der Waals surface area contributed by atoms with Gasteiger partial charge in [0.1, 0.15) is 11.6 Å². The highest BCUT2D eigenvalue weighted by Gasteiger charge is 2.06. The first kappa shape index (κ1) is 14.2. The lowest BCUT2D eigenvalue weighted by molar-refractivity contribution is -0.131. The highest BCUT2D eigenvalue weighted by molar-refractivity contribution is 9.10. The van der Waals surface area contributed by atoms with E-state index < -0.39 is 11.8 Å². The van der Waals surface area contributed by atoms with Gasteiger partial charge in [0.2, 0.25) is 5.88 Å². The molecule has 6 heteroatoms. The second-order valence-corrected chi connectivity index (χ2v) is 4.69. The van der Waals surface area contributed by atoms with Crippen LogP contribution in [0.2, 0.25) is 0 Å². The zero-order chi connectivity index (χ0) is 14.5. The number of halogens is 2. The smallest absolute Gasteiger partial charge is 0.328 e. The van der Waals surface area contributed by atoms with E-state index in [0.29, 0.717) is 10.0 Å². The third-order valence-electron chi connectivity index (χ3n) is 2.26. The molecule has 2 aromatic rings. The van der Waals surface area contributed by atoms with Crippen molar-refractivity contribution in [1.82, 2.24) is 4.98 Å². The Hall–Kier alpha value is -2.21. The molecule has 0 aliphatic heterocycles. The highest BCUT2D eigenvalue weighted by atomic mass is 79.9. The summed E-state index contributed by atoms with van der Waals surface area (Å²) in [6.45, 7) is 0. The topological polar surface area (TPSA) is 59.4 Å². The van der Waals surface area contributed by atoms with Gasteiger partial charge >= 0.3 is 5.97 Å². The van der Waals surface area contributed by atoms with Gasteiger partial charge in [0.15, 0.2) is 0 Å². The molecule has 0 amide bonds. The Morgan fingerprint density at radius 3 is 2.90 bits per heavy atom. The van der Waals surface area contributed by atoms with Crippen molar-refractivity contribution in [3.8, 4) is 11.6 Å². The van der Waals surface area contributed by atoms with Crippen molar-refractivity contribution in [3.63, 3.8) is 0 Å². The van der Waals surface area contributed by atoms with Crippen LogP contribution in [-0.4, -0.2) is 16.1 Å². The van der Waals surface area contributed by atoms with E-state index in [1.54, 1.807) is 18.2 Å². The Balaban J connectivity index is 2.31. The number of rotatable bonds is 4. The highest BCUT2D eigenvalue weighted by Crippen LogP contribution is 2.27. The summed E-state index contributed by atoms with van der Waals surface area (Å²) < 4.78 is 19.3. The Labute approximate surface area is 122 Å². The number of carboxylic acid groups (broad SMARTS) is 1. The van der Waals surface area contributed by atoms with E-state index in [9.17, 15) is 9.18 Å². The number of ether oxygens (including phenoxy) is 1. The SMILES string of the molecule is O=C(O)/C=C/c1cccnc1Oc1cc(F)cc(Br)c1. The Morgan fingerprint density at radius 1 is 1.40 bits per heavy atom. The minimum Gasteiger partial charge on any atom is -0.478 e. The monoisotopic (exact) mass is 337 g/mol. The largest absolute Gasteiger partial charge is 0.478 e. The number of carboxylic acids is 1. The lowest BCUT2D eigenvalue weighted by atomic mass is 10.2. The van der Waals surface area contributed by atoms with Gasteiger partial charge in [0, 0.05) is 28.4 Å². The van der Waals surface area contributed by atoms with Crippen LogP contribution in [0.15, 0.2) is 47.1 Å². The van der Waals surface area contributed by atoms with Crippen molar-refractivity contribution in [2.45, 2.75) is 0 Å². The van der Waals surface area contributed by atoms with Gasteiger partial charge in [0.25, 0.3) is 0 Å². The van der Waals surface area contributed by atoms with Crippen molar-refractivity contribution >= 4 is 28.0 Å². The van der Waals surface area contributed by atoms with Gasteiger partial charge < -0.3 is 9.84 Å². The molecule has 0 saturated heterocycles. The fraction of sp³-hybridized carbons (Fsp3) is 0. The number of benzene rings is 1. The van der Waals surface area contributed by atoms with Crippen molar-refractivity contribution < 1.29 is 19.0 Å². The molecule has 1 N–H and O–H groups in total. The van der Waals surface area contributed by atoms with Gasteiger partial charge in [-0.15, -0.1) is 0 Å². The van der Waals surface area contributed by atoms with Gasteiger partial charge in [-0.25, -0.2) is 14.2 Å². The molecule has 0 aliphatic rings. The number of nitrogens with zero attached hydrogens (tertiary/aromatic N) is 1. The molecule has 20 heavy (non-hydrogen) atoms. The van der Waals surface area contributed by atoms with Crippen LogP contribution in [0.3, 0.4) is 0 Å². The summed E-state index contributed by atoms with van der Waals surface area (Å²) >= 11 is 3.16. The Morgan fingerprint density at radius 2 is 2.20 bits per heavy atom. The summed E-state index contributed by atoms with van der Waals surface area (Å²) in [5.74, 6) is -1.07. The van der Waals surface area contributed by atoms with Crippen molar-refractivity contribution in [2.75, 3.05) is 0 Å². The van der Waals surface area contributed by atoms with Gasteiger partial charge in [-0.2, -0.15) is 0 Å². The maximum Gasteiger partial charge on any atom is 0.328 e. The van der Waals surface area contributed by atoms with Gasteiger partial charge in [-0.05, 0) is 30.3 Å². The second-order valence-electron chi connectivity index (χ2n) is 3.78. The van der Waals surface area contributed by atoms with Gasteiger partial charge in [-0.3, -0.25) is 0 Å². The molecule has 102 valence electrons. The molecule has 1 heterocycles. The molecule has 2 rings (SSSR count). The molecule has 0 fully saturated rings. The van der Waals surface area contributed by atoms with Crippen molar-refractivity contribution in [2.24, 2.45) is 0 Å². The number of aromatic nitrogens is 1. The minimum atomic E-state index is -1.08. The molecule has 0 saturated carbocycles. The fourth-order valence-electron chi connectivity index (χ4n) is 1.48. The van der Waals surface area contributed by atoms with Crippen LogP contribution < -0.4 is 4.74 Å². The number of carbonyl (C=O) groups is 1. The average Bonchev–Trinajstić information content (AvgIpc) is 2.36. The van der Waals surface area contributed by atoms with Crippen LogP contribution in [0.1, 0.15) is 5.56 Å². The van der Waals surface area contributed by atoms with Crippen LogP contribution in [-0.2, 0) is 4.79 Å². The predicted molar refractivity (Wildman–Crippen MR) is 75.1 cm³/mol. The molecule has 0 aliphatic carbocycles. The first-order valence-electron chi connectivity index (χ1n) is 5.54. The van der Waals surface area contributed by atoms with Crippen LogP contribution in [0.25, 0.3) is 6.08 Å². The van der Waals surface area contributed by atoms with Gasteiger partial charge in [0.05, 0.1) is 0 Å². The molecular formula is C14H9BrFNO3. The molecule has 0 bridgehead atoms. The van der Waals surface area contributed by atoms with E-state index in [0.717, 1.165) is 6.08 Å². The third kappa shape index (κ3) is 3.89. The standard InChI is InChI=1S/C14H9BrFNO3/c15-10-6-11(16)8-12(7-10)20-14-9(2-1-5-17-14)3-4-13(18)19/h1-8H,(H,18,19)/b4-3+. The van der Waals surface area contributed by atoms with Crippen LogP contribution in [0, 0.1) is 5.82 Å². The Kier molecular flexibility index (Phi) is 4.47. The Bertz CT molecular complexity index is 653. The molecule has 0 unspecified atom stereocenters. The third-order valence-corrected chi connectivity index (χ3v) is 2.71. The molecule has 0 radical (unpaired) electrons. The number of hydrogen-bond acceptors (Lipinski definition) is 3. The quantitative estimate of drug-likeness (QED) is 0.860. The normalized spacial score (nSPS) is 10.7. The second kappa shape index (κ2) is 6.29. The van der Waals surface area contributed by atoms with Crippen LogP contribution >= 0.6 is 15.9 Å². The van der Waals surface area contributed by atoms with E-state index in [1.807, 2.05) is 0 Å². The van der Waals surface area contributed by atoms with Crippen molar-refractivity contribution in [3.05, 3.63) is 58.5 Å². The maximum absolute atomic E-state index is 13.3. The molecule has 0 atom stereocenters. The fourth-order valence-corrected chi connectivity index (χ4v) is 1.92. The number of pyridine rings is 1. The molecule has 4 nitrogen and oxygen atoms in total.